The number of carboxylic acids is 1. The summed E-state index contributed by atoms with van der Waals surface area (Å²) >= 11 is 0. The molecular weight excluding hydrogens is 601 g/mol. The molecule has 14 heteroatoms. The largest absolute Gasteiger partial charge is 0.493 e. The van der Waals surface area contributed by atoms with Gasteiger partial charge in [-0.15, -0.1) is 0 Å². The molecule has 4 rings (SSSR count). The quantitative estimate of drug-likeness (QED) is 0.130. The van der Waals surface area contributed by atoms with Crippen LogP contribution in [-0.4, -0.2) is 123 Å². The van der Waals surface area contributed by atoms with Crippen LogP contribution in [0.5, 0.6) is 5.75 Å². The van der Waals surface area contributed by atoms with Crippen LogP contribution >= 0.6 is 0 Å². The SMILES string of the molecule is CCc1cnc(N2CCC(CCCOc3ccc(CC(=O)N4CC(CNCC(O)C(O)C(O)C(O)C(=O)O)C4)c(F)c3)CC2)nc1. The van der Waals surface area contributed by atoms with Crippen LogP contribution in [0.3, 0.4) is 0 Å². The number of rotatable bonds is 17. The van der Waals surface area contributed by atoms with E-state index in [1.54, 1.807) is 17.0 Å². The average Bonchev–Trinajstić information content (AvgIpc) is 3.04. The van der Waals surface area contributed by atoms with Crippen molar-refractivity contribution in [3.63, 3.8) is 0 Å². The third-order valence-corrected chi connectivity index (χ3v) is 8.81. The second kappa shape index (κ2) is 16.9. The van der Waals surface area contributed by atoms with E-state index < -0.39 is 36.2 Å². The lowest BCUT2D eigenvalue weighted by Gasteiger charge is -2.39. The predicted octanol–water partition coefficient (Wildman–Crippen LogP) is 0.372. The average molecular weight is 648 g/mol. The summed E-state index contributed by atoms with van der Waals surface area (Å²) in [6.45, 7) is 5.56. The number of aliphatic carboxylic acids is 1. The maximum Gasteiger partial charge on any atom is 0.335 e. The highest BCUT2D eigenvalue weighted by atomic mass is 19.1. The third kappa shape index (κ3) is 9.79. The van der Waals surface area contributed by atoms with Crippen molar-refractivity contribution in [1.82, 2.24) is 20.2 Å². The van der Waals surface area contributed by atoms with E-state index in [0.29, 0.717) is 43.5 Å². The Kier molecular flexibility index (Phi) is 13.0. The first-order chi connectivity index (χ1) is 22.0. The molecule has 46 heavy (non-hydrogen) atoms. The maximum atomic E-state index is 14.8. The molecule has 1 amide bonds. The van der Waals surface area contributed by atoms with Crippen LogP contribution in [0.2, 0.25) is 0 Å². The molecule has 0 radical (unpaired) electrons. The molecule has 0 aliphatic carbocycles. The summed E-state index contributed by atoms with van der Waals surface area (Å²) in [4.78, 5) is 36.2. The zero-order valence-corrected chi connectivity index (χ0v) is 26.2. The number of aromatic nitrogens is 2. The summed E-state index contributed by atoms with van der Waals surface area (Å²) in [5, 5.41) is 50.3. The summed E-state index contributed by atoms with van der Waals surface area (Å²) < 4.78 is 20.6. The fraction of sp³-hybridized carbons (Fsp3) is 0.625. The van der Waals surface area contributed by atoms with Crippen molar-refractivity contribution in [2.75, 3.05) is 50.8 Å². The highest BCUT2D eigenvalue weighted by molar-refractivity contribution is 5.79. The van der Waals surface area contributed by atoms with Crippen molar-refractivity contribution in [2.45, 2.75) is 69.9 Å². The normalized spacial score (nSPS) is 18.5. The molecule has 6 N–H and O–H groups in total. The molecule has 13 nitrogen and oxygen atoms in total. The first-order valence-electron chi connectivity index (χ1n) is 16.0. The van der Waals surface area contributed by atoms with Gasteiger partial charge in [0.1, 0.15) is 23.8 Å². The minimum absolute atomic E-state index is 0.0722. The number of anilines is 1. The molecule has 0 spiro atoms. The van der Waals surface area contributed by atoms with Crippen molar-refractivity contribution in [2.24, 2.45) is 11.8 Å². The lowest BCUT2D eigenvalue weighted by atomic mass is 9.92. The molecule has 1 aromatic heterocycles. The molecule has 0 saturated carbocycles. The molecule has 2 aliphatic heterocycles. The number of halogens is 1. The zero-order valence-electron chi connectivity index (χ0n) is 26.2. The van der Waals surface area contributed by atoms with Gasteiger partial charge in [0.15, 0.2) is 6.10 Å². The Morgan fingerprint density at radius 1 is 1.07 bits per heavy atom. The number of carbonyl (C=O) groups is 2. The Bertz CT molecular complexity index is 1270. The third-order valence-electron chi connectivity index (χ3n) is 8.81. The Labute approximate surface area is 268 Å². The monoisotopic (exact) mass is 647 g/mol. The first kappa shape index (κ1) is 35.4. The van der Waals surface area contributed by atoms with Gasteiger partial charge in [0, 0.05) is 63.6 Å². The van der Waals surface area contributed by atoms with Crippen LogP contribution < -0.4 is 15.0 Å². The van der Waals surface area contributed by atoms with E-state index in [-0.39, 0.29) is 24.8 Å². The number of carbonyl (C=O) groups excluding carboxylic acids is 1. The number of benzene rings is 1. The molecule has 4 unspecified atom stereocenters. The Morgan fingerprint density at radius 3 is 2.39 bits per heavy atom. The predicted molar refractivity (Wildman–Crippen MR) is 166 cm³/mol. The van der Waals surface area contributed by atoms with Gasteiger partial charge in [-0.3, -0.25) is 4.79 Å². The van der Waals surface area contributed by atoms with Gasteiger partial charge in [0.25, 0.3) is 0 Å². The second-order valence-corrected chi connectivity index (χ2v) is 12.3. The Morgan fingerprint density at radius 2 is 1.76 bits per heavy atom. The standard InChI is InChI=1S/C32H46FN5O8/c1-2-20-15-35-32(36-16-20)37-9-7-21(8-10-37)4-3-11-46-24-6-5-23(25(33)13-24)12-27(40)38-18-22(19-38)14-34-17-26(39)28(41)29(42)30(43)31(44)45/h5-6,13,15-16,21-22,26,28-30,34,39,41-43H,2-4,7-12,14,17-19H2,1H3,(H,44,45). The maximum absolute atomic E-state index is 14.8. The molecule has 2 fully saturated rings. The van der Waals surface area contributed by atoms with Gasteiger partial charge in [-0.1, -0.05) is 13.0 Å². The van der Waals surface area contributed by atoms with E-state index >= 15 is 0 Å². The van der Waals surface area contributed by atoms with Crippen LogP contribution in [0.25, 0.3) is 0 Å². The van der Waals surface area contributed by atoms with Gasteiger partial charge in [0.2, 0.25) is 11.9 Å². The van der Waals surface area contributed by atoms with Crippen molar-refractivity contribution in [1.29, 1.82) is 0 Å². The van der Waals surface area contributed by atoms with E-state index in [9.17, 15) is 34.4 Å². The Balaban J connectivity index is 1.08. The van der Waals surface area contributed by atoms with Crippen molar-refractivity contribution in [3.05, 3.63) is 47.5 Å². The molecule has 2 aliphatic rings. The number of carboxylic acid groups (broad SMARTS) is 1. The molecule has 0 bridgehead atoms. The zero-order chi connectivity index (χ0) is 33.2. The van der Waals surface area contributed by atoms with Gasteiger partial charge >= 0.3 is 5.97 Å². The van der Waals surface area contributed by atoms with Crippen molar-refractivity contribution in [3.8, 4) is 5.75 Å². The van der Waals surface area contributed by atoms with E-state index in [1.165, 1.54) is 6.07 Å². The number of aliphatic hydroxyl groups is 4. The number of ether oxygens (including phenoxy) is 1. The number of nitrogens with one attached hydrogen (secondary N) is 1. The van der Waals surface area contributed by atoms with E-state index in [0.717, 1.165) is 56.7 Å². The van der Waals surface area contributed by atoms with Crippen LogP contribution in [0.1, 0.15) is 43.7 Å². The topological polar surface area (TPSA) is 189 Å². The van der Waals surface area contributed by atoms with Crippen LogP contribution in [-0.2, 0) is 22.4 Å². The molecular formula is C32H46FN5O8. The highest BCUT2D eigenvalue weighted by Crippen LogP contribution is 2.25. The van der Waals surface area contributed by atoms with Crippen molar-refractivity contribution >= 4 is 17.8 Å². The summed E-state index contributed by atoms with van der Waals surface area (Å²) in [5.74, 6) is -0.506. The summed E-state index contributed by atoms with van der Waals surface area (Å²) in [5.41, 5.74) is 1.42. The highest BCUT2D eigenvalue weighted by Gasteiger charge is 2.35. The molecule has 2 aromatic rings. The van der Waals surface area contributed by atoms with Crippen molar-refractivity contribution < 1.29 is 44.2 Å². The fourth-order valence-corrected chi connectivity index (χ4v) is 5.73. The van der Waals surface area contributed by atoms with Gasteiger partial charge in [0.05, 0.1) is 19.1 Å². The number of aliphatic hydroxyl groups excluding tert-OH is 4. The van der Waals surface area contributed by atoms with E-state index in [2.05, 4.69) is 27.1 Å². The fourth-order valence-electron chi connectivity index (χ4n) is 5.73. The Hall–Kier alpha value is -3.43. The van der Waals surface area contributed by atoms with Crippen LogP contribution in [0.4, 0.5) is 10.3 Å². The molecule has 254 valence electrons. The molecule has 3 heterocycles. The van der Waals surface area contributed by atoms with E-state index in [4.69, 9.17) is 9.84 Å². The first-order valence-corrected chi connectivity index (χ1v) is 16.0. The number of hydrogen-bond donors (Lipinski definition) is 6. The van der Waals surface area contributed by atoms with Gasteiger partial charge in [-0.05, 0) is 55.2 Å². The molecule has 2 saturated heterocycles. The van der Waals surface area contributed by atoms with Gasteiger partial charge in [-0.25, -0.2) is 19.2 Å². The number of hydrogen-bond acceptors (Lipinski definition) is 11. The molecule has 4 atom stereocenters. The lowest BCUT2D eigenvalue weighted by Crippen LogP contribution is -2.55. The minimum atomic E-state index is -2.22. The lowest BCUT2D eigenvalue weighted by molar-refractivity contribution is -0.162. The smallest absolute Gasteiger partial charge is 0.335 e. The summed E-state index contributed by atoms with van der Waals surface area (Å²) in [7, 11) is 0. The summed E-state index contributed by atoms with van der Waals surface area (Å²) in [6.07, 6.45) is 1.06. The number of amides is 1. The number of aryl methyl sites for hydroxylation is 1. The van der Waals surface area contributed by atoms with Crippen LogP contribution in [0.15, 0.2) is 30.6 Å². The van der Waals surface area contributed by atoms with Gasteiger partial charge in [-0.2, -0.15) is 0 Å². The van der Waals surface area contributed by atoms with E-state index in [1.807, 2.05) is 12.4 Å². The number of likely N-dealkylation sites (tertiary alicyclic amines) is 1. The summed E-state index contributed by atoms with van der Waals surface area (Å²) in [6, 6.07) is 4.58. The minimum Gasteiger partial charge on any atom is -0.493 e. The number of piperidine rings is 1. The number of nitrogens with zero attached hydrogens (tertiary/aromatic N) is 4. The second-order valence-electron chi connectivity index (χ2n) is 12.3. The molecule has 1 aromatic carbocycles. The van der Waals surface area contributed by atoms with Gasteiger partial charge < -0.3 is 45.4 Å². The van der Waals surface area contributed by atoms with Crippen LogP contribution in [0, 0.1) is 17.7 Å².